The molecule has 1 fully saturated rings. The maximum Gasteiger partial charge on any atom is 0.238 e. The predicted molar refractivity (Wildman–Crippen MR) is 92.2 cm³/mol. The number of fused-ring (bicyclic) bond motifs is 2. The van der Waals surface area contributed by atoms with Crippen LogP contribution in [0.15, 0.2) is 43.1 Å². The van der Waals surface area contributed by atoms with Gasteiger partial charge in [-0.2, -0.15) is 0 Å². The molecular formula is C17H17N7. The minimum atomic E-state index is 0.238. The molecule has 0 unspecified atom stereocenters. The first-order chi connectivity index (χ1) is 11.8. The van der Waals surface area contributed by atoms with Crippen LogP contribution in [0.2, 0.25) is 0 Å². The summed E-state index contributed by atoms with van der Waals surface area (Å²) in [5.41, 5.74) is 9.73. The monoisotopic (exact) mass is 319 g/mol. The molecule has 0 atom stereocenters. The Kier molecular flexibility index (Phi) is 3.74. The lowest BCUT2D eigenvalue weighted by atomic mass is 10.0. The molecule has 7 nitrogen and oxygen atoms in total. The zero-order chi connectivity index (χ0) is 16.4. The van der Waals surface area contributed by atoms with Crippen molar-refractivity contribution >= 4 is 22.6 Å². The lowest BCUT2D eigenvalue weighted by Gasteiger charge is -2.05. The van der Waals surface area contributed by atoms with Crippen molar-refractivity contribution in [2.24, 2.45) is 0 Å². The number of hydrogen-bond donors (Lipinski definition) is 1. The summed E-state index contributed by atoms with van der Waals surface area (Å²) in [7, 11) is 0. The second-order valence-electron chi connectivity index (χ2n) is 5.71. The van der Waals surface area contributed by atoms with Gasteiger partial charge in [0.25, 0.3) is 0 Å². The summed E-state index contributed by atoms with van der Waals surface area (Å²) in [6.45, 7) is 0. The molecule has 24 heavy (non-hydrogen) atoms. The maximum absolute atomic E-state index is 5.57. The Balaban J connectivity index is 0.000000321. The minimum absolute atomic E-state index is 0.238. The third-order valence-corrected chi connectivity index (χ3v) is 4.07. The topological polar surface area (TPSA) is 94.9 Å². The van der Waals surface area contributed by atoms with Crippen LogP contribution < -0.4 is 5.73 Å². The second kappa shape index (κ2) is 6.19. The van der Waals surface area contributed by atoms with Crippen LogP contribution >= 0.6 is 0 Å². The molecule has 0 aromatic carbocycles. The Bertz CT molecular complexity index is 984. The fourth-order valence-electron chi connectivity index (χ4n) is 2.41. The molecule has 4 aromatic heterocycles. The van der Waals surface area contributed by atoms with Gasteiger partial charge in [0, 0.05) is 35.9 Å². The van der Waals surface area contributed by atoms with E-state index in [-0.39, 0.29) is 5.95 Å². The van der Waals surface area contributed by atoms with Gasteiger partial charge in [0.15, 0.2) is 5.65 Å². The van der Waals surface area contributed by atoms with Crippen molar-refractivity contribution in [1.82, 2.24) is 29.5 Å². The summed E-state index contributed by atoms with van der Waals surface area (Å²) < 4.78 is 1.69. The van der Waals surface area contributed by atoms with Crippen molar-refractivity contribution in [2.45, 2.75) is 25.7 Å². The third kappa shape index (κ3) is 2.76. The highest BCUT2D eigenvalue weighted by molar-refractivity contribution is 5.84. The van der Waals surface area contributed by atoms with E-state index < -0.39 is 0 Å². The van der Waals surface area contributed by atoms with Gasteiger partial charge in [-0.3, -0.25) is 4.98 Å². The van der Waals surface area contributed by atoms with E-state index in [9.17, 15) is 0 Å². The van der Waals surface area contributed by atoms with E-state index in [2.05, 4.69) is 25.0 Å². The summed E-state index contributed by atoms with van der Waals surface area (Å²) in [6, 6.07) is 3.89. The summed E-state index contributed by atoms with van der Waals surface area (Å²) >= 11 is 0. The van der Waals surface area contributed by atoms with Crippen molar-refractivity contribution in [3.8, 4) is 11.1 Å². The number of hydrogen-bond acceptors (Lipinski definition) is 6. The van der Waals surface area contributed by atoms with E-state index in [1.807, 2.05) is 18.3 Å². The number of anilines is 1. The highest BCUT2D eigenvalue weighted by Gasteiger charge is 2.08. The number of pyridine rings is 1. The first-order valence-electron chi connectivity index (χ1n) is 7.98. The first kappa shape index (κ1) is 14.5. The lowest BCUT2D eigenvalue weighted by molar-refractivity contribution is 0.504. The minimum Gasteiger partial charge on any atom is -0.367 e. The average molecular weight is 319 g/mol. The molecular weight excluding hydrogens is 302 g/mol. The Morgan fingerprint density at radius 1 is 0.917 bits per heavy atom. The highest BCUT2D eigenvalue weighted by atomic mass is 15.3. The summed E-state index contributed by atoms with van der Waals surface area (Å²) in [5.74, 6) is 0.238. The molecule has 0 aliphatic heterocycles. The first-order valence-corrected chi connectivity index (χ1v) is 7.98. The van der Waals surface area contributed by atoms with Gasteiger partial charge >= 0.3 is 0 Å². The van der Waals surface area contributed by atoms with Crippen LogP contribution in [0.4, 0.5) is 5.95 Å². The molecule has 0 saturated heterocycles. The molecule has 0 amide bonds. The maximum atomic E-state index is 5.57. The molecule has 120 valence electrons. The van der Waals surface area contributed by atoms with E-state index in [0.717, 1.165) is 22.2 Å². The third-order valence-electron chi connectivity index (χ3n) is 4.07. The van der Waals surface area contributed by atoms with Gasteiger partial charge < -0.3 is 5.73 Å². The highest BCUT2D eigenvalue weighted by Crippen LogP contribution is 2.25. The van der Waals surface area contributed by atoms with Crippen molar-refractivity contribution in [1.29, 1.82) is 0 Å². The molecule has 1 aliphatic carbocycles. The molecule has 5 rings (SSSR count). The molecule has 1 saturated carbocycles. The molecule has 4 aromatic rings. The Labute approximate surface area is 138 Å². The van der Waals surface area contributed by atoms with Crippen LogP contribution in [-0.2, 0) is 0 Å². The van der Waals surface area contributed by atoms with E-state index in [0.29, 0.717) is 5.65 Å². The average Bonchev–Trinajstić information content (AvgIpc) is 2.95. The van der Waals surface area contributed by atoms with Gasteiger partial charge in [0.1, 0.15) is 5.52 Å². The number of nitrogens with two attached hydrogens (primary N) is 1. The van der Waals surface area contributed by atoms with Crippen molar-refractivity contribution in [3.63, 3.8) is 0 Å². The predicted octanol–water partition coefficient (Wildman–Crippen LogP) is 2.88. The van der Waals surface area contributed by atoms with Crippen molar-refractivity contribution < 1.29 is 0 Å². The Morgan fingerprint density at radius 2 is 1.71 bits per heavy atom. The number of nitrogens with zero attached hydrogens (tertiary/aromatic N) is 6. The fourth-order valence-corrected chi connectivity index (χ4v) is 2.41. The quantitative estimate of drug-likeness (QED) is 0.579. The van der Waals surface area contributed by atoms with Gasteiger partial charge in [-0.05, 0) is 12.1 Å². The molecule has 2 N–H and O–H groups in total. The SMILES string of the molecule is C1CCC1.Nc1ncc2c(-c3cnc4nccnc4c3)ccn2n1. The Morgan fingerprint density at radius 3 is 2.50 bits per heavy atom. The normalized spacial score (nSPS) is 13.3. The zero-order valence-electron chi connectivity index (χ0n) is 13.1. The van der Waals surface area contributed by atoms with Gasteiger partial charge in [-0.1, -0.05) is 25.7 Å². The van der Waals surface area contributed by atoms with Crippen molar-refractivity contribution in [3.05, 3.63) is 43.1 Å². The van der Waals surface area contributed by atoms with E-state index in [1.54, 1.807) is 29.3 Å². The summed E-state index contributed by atoms with van der Waals surface area (Å²) in [4.78, 5) is 16.8. The van der Waals surface area contributed by atoms with Gasteiger partial charge in [-0.25, -0.2) is 19.5 Å². The number of nitrogen functional groups attached to an aromatic ring is 1. The summed E-state index contributed by atoms with van der Waals surface area (Å²) in [6.07, 6.45) is 14.6. The molecule has 0 bridgehead atoms. The lowest BCUT2D eigenvalue weighted by Crippen LogP contribution is -1.99. The zero-order valence-corrected chi connectivity index (χ0v) is 13.1. The second-order valence-corrected chi connectivity index (χ2v) is 5.71. The number of aromatic nitrogens is 6. The molecule has 0 spiro atoms. The van der Waals surface area contributed by atoms with Crippen LogP contribution in [-0.4, -0.2) is 29.5 Å². The van der Waals surface area contributed by atoms with Crippen LogP contribution in [0.25, 0.3) is 27.8 Å². The molecule has 0 radical (unpaired) electrons. The van der Waals surface area contributed by atoms with Crippen LogP contribution in [0.3, 0.4) is 0 Å². The van der Waals surface area contributed by atoms with Crippen molar-refractivity contribution in [2.75, 3.05) is 5.73 Å². The van der Waals surface area contributed by atoms with Crippen LogP contribution in [0.1, 0.15) is 25.7 Å². The largest absolute Gasteiger partial charge is 0.367 e. The van der Waals surface area contributed by atoms with E-state index >= 15 is 0 Å². The number of rotatable bonds is 1. The van der Waals surface area contributed by atoms with Gasteiger partial charge in [-0.15, -0.1) is 5.10 Å². The Hall–Kier alpha value is -3.09. The smallest absolute Gasteiger partial charge is 0.238 e. The van der Waals surface area contributed by atoms with Gasteiger partial charge in [0.2, 0.25) is 5.95 Å². The fraction of sp³-hybridized carbons (Fsp3) is 0.235. The van der Waals surface area contributed by atoms with Gasteiger partial charge in [0.05, 0.1) is 11.7 Å². The van der Waals surface area contributed by atoms with Crippen LogP contribution in [0, 0.1) is 0 Å². The molecule has 1 aliphatic rings. The standard InChI is InChI=1S/C13H9N7.C4H8/c14-13-18-7-11-9(1-4-20(11)19-13)8-5-10-12(17-6-8)16-3-2-15-10;1-2-4-3-1/h1-7H,(H2,14,19);1-4H2. The van der Waals surface area contributed by atoms with E-state index in [1.165, 1.54) is 25.7 Å². The molecule has 4 heterocycles. The van der Waals surface area contributed by atoms with E-state index in [4.69, 9.17) is 5.73 Å². The van der Waals surface area contributed by atoms with Crippen LogP contribution in [0.5, 0.6) is 0 Å². The summed E-state index contributed by atoms with van der Waals surface area (Å²) in [5, 5.41) is 4.12. The molecule has 7 heteroatoms.